The largest absolute Gasteiger partial charge is 0.481 e. The molecule has 1 saturated heterocycles. The number of hydrogen-bond donors (Lipinski definition) is 10. The van der Waals surface area contributed by atoms with Gasteiger partial charge in [-0.25, -0.2) is 28.6 Å². The van der Waals surface area contributed by atoms with Gasteiger partial charge in [-0.05, 0) is 12.8 Å². The van der Waals surface area contributed by atoms with Crippen molar-refractivity contribution in [3.05, 3.63) is 12.7 Å². The van der Waals surface area contributed by atoms with Gasteiger partial charge in [-0.1, -0.05) is 32.5 Å². The first kappa shape index (κ1) is 47.9. The van der Waals surface area contributed by atoms with Crippen LogP contribution in [0.5, 0.6) is 0 Å². The summed E-state index contributed by atoms with van der Waals surface area (Å²) in [7, 11) is -16.4. The van der Waals surface area contributed by atoms with Gasteiger partial charge in [0.1, 0.15) is 36.3 Å². The number of rotatable bonds is 23. The number of hydrogen-bond acceptors (Lipinski definition) is 19. The number of nitrogens with one attached hydrogen (secondary N) is 2. The molecule has 3 heterocycles. The van der Waals surface area contributed by atoms with Crippen LogP contribution in [0, 0.1) is 5.41 Å². The first-order valence-corrected chi connectivity index (χ1v) is 22.3. The van der Waals surface area contributed by atoms with Gasteiger partial charge in [0.2, 0.25) is 11.8 Å². The minimum atomic E-state index is -5.57. The van der Waals surface area contributed by atoms with E-state index in [4.69, 9.17) is 25.3 Å². The number of nitrogens with two attached hydrogens (primary N) is 2. The van der Waals surface area contributed by atoms with E-state index < -0.39 is 84.6 Å². The van der Waals surface area contributed by atoms with Crippen molar-refractivity contribution < 1.29 is 80.5 Å². The molecule has 0 saturated carbocycles. The maximum absolute atomic E-state index is 12.7. The number of ether oxygens (including phenoxy) is 1. The van der Waals surface area contributed by atoms with Crippen LogP contribution < -0.4 is 22.1 Å². The van der Waals surface area contributed by atoms with Crippen LogP contribution in [0.25, 0.3) is 11.2 Å². The van der Waals surface area contributed by atoms with E-state index in [0.29, 0.717) is 18.6 Å². The van der Waals surface area contributed by atoms with E-state index in [2.05, 4.69) is 34.4 Å². The number of thioether (sulfide) groups is 1. The van der Waals surface area contributed by atoms with E-state index in [1.54, 1.807) is 0 Å². The Morgan fingerprint density at radius 2 is 1.73 bits per heavy atom. The zero-order chi connectivity index (χ0) is 42.1. The smallest absolute Gasteiger partial charge is 0.386 e. The second-order valence-electron chi connectivity index (χ2n) is 13.0. The first-order chi connectivity index (χ1) is 25.9. The summed E-state index contributed by atoms with van der Waals surface area (Å²) in [5.74, 6) is -1.12. The number of imidazole rings is 1. The molecule has 1 aliphatic rings. The summed E-state index contributed by atoms with van der Waals surface area (Å²) in [5.41, 5.74) is 10.1. The summed E-state index contributed by atoms with van der Waals surface area (Å²) in [6, 6.07) is -0.0469. The van der Waals surface area contributed by atoms with Gasteiger partial charge in [-0.3, -0.25) is 32.5 Å². The quantitative estimate of drug-likeness (QED) is 0.0481. The number of aromatic nitrogens is 4. The van der Waals surface area contributed by atoms with Gasteiger partial charge in [-0.2, -0.15) is 4.31 Å². The lowest BCUT2D eigenvalue weighted by molar-refractivity contribution is -0.137. The van der Waals surface area contributed by atoms with Crippen molar-refractivity contribution in [3.8, 4) is 0 Å². The van der Waals surface area contributed by atoms with Gasteiger partial charge in [-0.15, -0.1) is 0 Å². The molecule has 1 fully saturated rings. The number of amides is 2. The summed E-state index contributed by atoms with van der Waals surface area (Å²) >= 11 is 1.07. The molecular weight excluding hydrogens is 833 g/mol. The lowest BCUT2D eigenvalue weighted by Gasteiger charge is -2.30. The third-order valence-electron chi connectivity index (χ3n) is 8.01. The number of aliphatic hydroxyl groups is 2. The van der Waals surface area contributed by atoms with E-state index in [0.717, 1.165) is 35.4 Å². The Morgan fingerprint density at radius 3 is 2.39 bits per heavy atom. The van der Waals surface area contributed by atoms with Gasteiger partial charge in [0.15, 0.2) is 22.8 Å². The lowest BCUT2D eigenvalue weighted by Crippen LogP contribution is -2.46. The average molecular weight is 881 g/mol. The molecule has 0 radical (unpaired) electrons. The number of fused-ring (bicyclic) bond motifs is 1. The van der Waals surface area contributed by atoms with Crippen molar-refractivity contribution in [2.75, 3.05) is 37.8 Å². The highest BCUT2D eigenvalue weighted by Crippen LogP contribution is 2.61. The van der Waals surface area contributed by atoms with E-state index in [-0.39, 0.29) is 47.6 Å². The minimum Gasteiger partial charge on any atom is -0.386 e. The summed E-state index contributed by atoms with van der Waals surface area (Å²) in [6.45, 7) is 2.40. The number of phosphoric acid groups is 3. The molecule has 29 heteroatoms. The van der Waals surface area contributed by atoms with Crippen LogP contribution in [-0.2, 0) is 50.7 Å². The minimum absolute atomic E-state index is 0.0293. The SMILES string of the molecule is CCC(N)CCC(=O)SCCNC(=O)CCNC(=O)C(O)C(C)(C)COP(=O)(O)OP(=O)(O)OCC1OC(n2cnc3c(N)ncnc32)C(O)C1OP(=O)(O)O. The van der Waals surface area contributed by atoms with Crippen LogP contribution in [0.4, 0.5) is 5.82 Å². The van der Waals surface area contributed by atoms with Crippen LogP contribution in [0.3, 0.4) is 0 Å². The van der Waals surface area contributed by atoms with Crippen LogP contribution >= 0.6 is 35.2 Å². The number of carbonyl (C=O) groups excluding carboxylic acids is 3. The monoisotopic (exact) mass is 880 g/mol. The summed E-state index contributed by atoms with van der Waals surface area (Å²) in [5, 5.41) is 26.3. The lowest BCUT2D eigenvalue weighted by atomic mass is 9.87. The molecule has 0 spiro atoms. The normalized spacial score (nSPS) is 22.2. The number of carbonyl (C=O) groups is 3. The van der Waals surface area contributed by atoms with E-state index in [1.807, 2.05) is 6.92 Å². The van der Waals surface area contributed by atoms with Crippen LogP contribution in [0.2, 0.25) is 0 Å². The van der Waals surface area contributed by atoms with Gasteiger partial charge in [0.05, 0.1) is 19.5 Å². The Balaban J connectivity index is 1.48. The average Bonchev–Trinajstić information content (AvgIpc) is 3.66. The molecule has 56 heavy (non-hydrogen) atoms. The number of anilines is 1. The van der Waals surface area contributed by atoms with Crippen molar-refractivity contribution in [2.24, 2.45) is 11.1 Å². The molecule has 0 aromatic carbocycles. The summed E-state index contributed by atoms with van der Waals surface area (Å²) < 4.78 is 62.1. The Bertz CT molecular complexity index is 1820. The molecule has 2 aromatic heterocycles. The highest BCUT2D eigenvalue weighted by molar-refractivity contribution is 8.13. The first-order valence-electron chi connectivity index (χ1n) is 16.8. The molecule has 12 N–H and O–H groups in total. The fourth-order valence-corrected chi connectivity index (χ4v) is 8.40. The van der Waals surface area contributed by atoms with Gasteiger partial charge >= 0.3 is 23.5 Å². The molecule has 1 aliphatic heterocycles. The maximum Gasteiger partial charge on any atom is 0.481 e. The third-order valence-corrected chi connectivity index (χ3v) is 12.0. The predicted molar refractivity (Wildman–Crippen MR) is 195 cm³/mol. The third kappa shape index (κ3) is 14.7. The number of aliphatic hydroxyl groups excluding tert-OH is 2. The number of nitrogens with zero attached hydrogens (tertiary/aromatic N) is 4. The van der Waals surface area contributed by atoms with Crippen molar-refractivity contribution in [2.45, 2.75) is 83.1 Å². The van der Waals surface area contributed by atoms with Crippen molar-refractivity contribution in [1.29, 1.82) is 0 Å². The maximum atomic E-state index is 12.7. The van der Waals surface area contributed by atoms with Crippen LogP contribution in [0.15, 0.2) is 12.7 Å². The Hall–Kier alpha value is -2.48. The Kier molecular flexibility index (Phi) is 17.5. The molecule has 318 valence electrons. The van der Waals surface area contributed by atoms with Crippen LogP contribution in [-0.4, -0.2) is 129 Å². The molecule has 3 rings (SSSR count). The number of phosphoric ester groups is 3. The van der Waals surface area contributed by atoms with Crippen LogP contribution in [0.1, 0.15) is 52.7 Å². The molecular formula is C27H47N8O17P3S. The van der Waals surface area contributed by atoms with Gasteiger partial charge in [0, 0.05) is 43.1 Å². The van der Waals surface area contributed by atoms with Gasteiger partial charge in [0.25, 0.3) is 0 Å². The molecule has 0 bridgehead atoms. The second-order valence-corrected chi connectivity index (χ2v) is 18.4. The highest BCUT2D eigenvalue weighted by Gasteiger charge is 2.50. The molecule has 2 aromatic rings. The van der Waals surface area contributed by atoms with E-state index in [1.165, 1.54) is 13.8 Å². The van der Waals surface area contributed by atoms with Gasteiger partial charge < -0.3 is 56.6 Å². The van der Waals surface area contributed by atoms with Crippen molar-refractivity contribution in [3.63, 3.8) is 0 Å². The van der Waals surface area contributed by atoms with Crippen molar-refractivity contribution in [1.82, 2.24) is 30.2 Å². The van der Waals surface area contributed by atoms with Crippen molar-refractivity contribution >= 4 is 69.1 Å². The molecule has 8 atom stereocenters. The highest BCUT2D eigenvalue weighted by atomic mass is 32.2. The molecule has 2 amide bonds. The number of nitrogen functional groups attached to an aromatic ring is 1. The fourth-order valence-electron chi connectivity index (χ4n) is 4.87. The zero-order valence-corrected chi connectivity index (χ0v) is 33.8. The Morgan fingerprint density at radius 1 is 1.05 bits per heavy atom. The topological polar surface area (TPSA) is 390 Å². The molecule has 8 unspecified atom stereocenters. The fraction of sp³-hybridized carbons (Fsp3) is 0.704. The van der Waals surface area contributed by atoms with E-state index >= 15 is 0 Å². The standard InChI is InChI=1S/C27H47N8O17P3S/c1-4-15(28)5-6-18(37)56-10-9-30-17(36)7-8-31-25(40)22(39)27(2,3)12-49-55(46,47)52-54(44,45)48-11-16-21(51-53(41,42)43)20(38)26(50-16)35-14-34-19-23(29)32-13-33-24(19)35/h13-16,20-22,26,38-39H,4-12,28H2,1-3H3,(H,30,36)(H,31,40)(H,44,45)(H,46,47)(H2,29,32,33)(H2,41,42,43). The molecule has 25 nitrogen and oxygen atoms in total. The predicted octanol–water partition coefficient (Wildman–Crippen LogP) is -0.818. The van der Waals surface area contributed by atoms with E-state index in [9.17, 15) is 57.9 Å². The Labute approximate surface area is 324 Å². The summed E-state index contributed by atoms with van der Waals surface area (Å²) in [6.07, 6.45) is -5.26. The zero-order valence-electron chi connectivity index (χ0n) is 30.4. The molecule has 0 aliphatic carbocycles. The summed E-state index contributed by atoms with van der Waals surface area (Å²) in [4.78, 5) is 87.4. The second kappa shape index (κ2) is 20.5.